The van der Waals surface area contributed by atoms with Crippen LogP contribution >= 0.6 is 11.6 Å². The molecule has 164 valence electrons. The Morgan fingerprint density at radius 3 is 2.22 bits per heavy atom. The van der Waals surface area contributed by atoms with Crippen LogP contribution in [0.1, 0.15) is 42.8 Å². The van der Waals surface area contributed by atoms with E-state index in [0.29, 0.717) is 27.4 Å². The summed E-state index contributed by atoms with van der Waals surface area (Å²) < 4.78 is 20.5. The number of ether oxygens (including phenoxy) is 1. The van der Waals surface area contributed by atoms with E-state index in [-0.39, 0.29) is 5.92 Å². The number of nitrogens with one attached hydrogen (secondary N) is 1. The molecule has 0 amide bonds. The average molecular weight is 451 g/mol. The van der Waals surface area contributed by atoms with Crippen molar-refractivity contribution < 1.29 is 13.9 Å². The normalized spacial score (nSPS) is 13.6. The standard InChI is InChI=1S/C26H24ClFN2O2/c1-17(2)25(30-22-13-11-21(27)12-14-22)26(31)32-23(16-29)19-9-6-10-20(15-19)24(28)18-7-4-3-5-8-18/h3-15,17,23-25,30H,1-2H3. The van der Waals surface area contributed by atoms with E-state index < -0.39 is 24.3 Å². The fourth-order valence-corrected chi connectivity index (χ4v) is 3.40. The molecular weight excluding hydrogens is 427 g/mol. The van der Waals surface area contributed by atoms with E-state index in [0.717, 1.165) is 0 Å². The first kappa shape index (κ1) is 23.3. The van der Waals surface area contributed by atoms with Gasteiger partial charge in [0.25, 0.3) is 0 Å². The summed E-state index contributed by atoms with van der Waals surface area (Å²) in [6, 6.07) is 23.6. The quantitative estimate of drug-likeness (QED) is 0.390. The lowest BCUT2D eigenvalue weighted by Gasteiger charge is -2.23. The molecule has 3 unspecified atom stereocenters. The van der Waals surface area contributed by atoms with E-state index in [4.69, 9.17) is 16.3 Å². The number of carbonyl (C=O) groups is 1. The summed E-state index contributed by atoms with van der Waals surface area (Å²) in [6.45, 7) is 3.76. The van der Waals surface area contributed by atoms with Crippen molar-refractivity contribution in [3.05, 3.63) is 101 Å². The van der Waals surface area contributed by atoms with Gasteiger partial charge in [-0.05, 0) is 47.4 Å². The number of hydrogen-bond acceptors (Lipinski definition) is 4. The minimum atomic E-state index is -1.35. The lowest BCUT2D eigenvalue weighted by Crippen LogP contribution is -2.36. The number of halogens is 2. The summed E-state index contributed by atoms with van der Waals surface area (Å²) in [6.07, 6.45) is -2.50. The molecular formula is C26H24ClFN2O2. The fourth-order valence-electron chi connectivity index (χ4n) is 3.28. The highest BCUT2D eigenvalue weighted by Gasteiger charge is 2.27. The van der Waals surface area contributed by atoms with Gasteiger partial charge < -0.3 is 10.1 Å². The Morgan fingerprint density at radius 1 is 0.969 bits per heavy atom. The average Bonchev–Trinajstić information content (AvgIpc) is 2.82. The molecule has 0 aliphatic heterocycles. The Hall–Kier alpha value is -3.36. The van der Waals surface area contributed by atoms with Crippen LogP contribution in [0.5, 0.6) is 0 Å². The van der Waals surface area contributed by atoms with E-state index >= 15 is 0 Å². The zero-order chi connectivity index (χ0) is 23.1. The van der Waals surface area contributed by atoms with Gasteiger partial charge in [-0.1, -0.05) is 74.0 Å². The van der Waals surface area contributed by atoms with Crippen LogP contribution in [0.2, 0.25) is 5.02 Å². The molecule has 0 aliphatic rings. The molecule has 0 aliphatic carbocycles. The van der Waals surface area contributed by atoms with Gasteiger partial charge in [-0.3, -0.25) is 0 Å². The number of alkyl halides is 1. The molecule has 3 aromatic carbocycles. The number of rotatable bonds is 8. The molecule has 6 heteroatoms. The van der Waals surface area contributed by atoms with Crippen LogP contribution in [0.4, 0.5) is 10.1 Å². The third-order valence-electron chi connectivity index (χ3n) is 5.04. The van der Waals surface area contributed by atoms with Crippen LogP contribution in [0.25, 0.3) is 0 Å². The second kappa shape index (κ2) is 10.8. The molecule has 0 fully saturated rings. The Balaban J connectivity index is 1.76. The van der Waals surface area contributed by atoms with Crippen LogP contribution in [0, 0.1) is 17.2 Å². The van der Waals surface area contributed by atoms with E-state index in [1.165, 1.54) is 0 Å². The molecule has 0 radical (unpaired) electrons. The van der Waals surface area contributed by atoms with Crippen molar-refractivity contribution in [3.8, 4) is 6.07 Å². The molecule has 0 saturated heterocycles. The highest BCUT2D eigenvalue weighted by molar-refractivity contribution is 6.30. The third kappa shape index (κ3) is 5.87. The van der Waals surface area contributed by atoms with E-state index in [1.54, 1.807) is 72.8 Å². The zero-order valence-corrected chi connectivity index (χ0v) is 18.6. The first-order valence-corrected chi connectivity index (χ1v) is 10.7. The van der Waals surface area contributed by atoms with Gasteiger partial charge in [-0.2, -0.15) is 5.26 Å². The summed E-state index contributed by atoms with van der Waals surface area (Å²) >= 11 is 5.92. The molecule has 0 spiro atoms. The Labute approximate surface area is 192 Å². The molecule has 3 aromatic rings. The first-order chi connectivity index (χ1) is 15.4. The Morgan fingerprint density at radius 2 is 1.59 bits per heavy atom. The van der Waals surface area contributed by atoms with Gasteiger partial charge in [0, 0.05) is 16.3 Å². The van der Waals surface area contributed by atoms with Crippen molar-refractivity contribution in [2.24, 2.45) is 5.92 Å². The van der Waals surface area contributed by atoms with E-state index in [9.17, 15) is 14.4 Å². The largest absolute Gasteiger partial charge is 0.440 e. The molecule has 32 heavy (non-hydrogen) atoms. The van der Waals surface area contributed by atoms with E-state index in [1.807, 2.05) is 26.0 Å². The molecule has 1 N–H and O–H groups in total. The van der Waals surface area contributed by atoms with Crippen molar-refractivity contribution >= 4 is 23.3 Å². The van der Waals surface area contributed by atoms with Crippen molar-refractivity contribution in [2.45, 2.75) is 32.2 Å². The van der Waals surface area contributed by atoms with Crippen LogP contribution < -0.4 is 5.32 Å². The number of benzene rings is 3. The SMILES string of the molecule is CC(C)C(Nc1ccc(Cl)cc1)C(=O)OC(C#N)c1cccc(C(F)c2ccccc2)c1. The monoisotopic (exact) mass is 450 g/mol. The van der Waals surface area contributed by atoms with Crippen LogP contribution in [-0.2, 0) is 9.53 Å². The predicted octanol–water partition coefficient (Wildman–Crippen LogP) is 6.64. The molecule has 3 rings (SSSR count). The maximum atomic E-state index is 15.0. The lowest BCUT2D eigenvalue weighted by molar-refractivity contribution is -0.148. The number of hydrogen-bond donors (Lipinski definition) is 1. The molecule has 4 nitrogen and oxygen atoms in total. The molecule has 3 atom stereocenters. The van der Waals surface area contributed by atoms with Crippen molar-refractivity contribution in [2.75, 3.05) is 5.32 Å². The molecule has 0 bridgehead atoms. The van der Waals surface area contributed by atoms with Gasteiger partial charge in [-0.25, -0.2) is 9.18 Å². The van der Waals surface area contributed by atoms with Gasteiger partial charge in [0.05, 0.1) is 0 Å². The third-order valence-corrected chi connectivity index (χ3v) is 5.29. The van der Waals surface area contributed by atoms with Crippen LogP contribution in [0.15, 0.2) is 78.9 Å². The second-order valence-corrected chi connectivity index (χ2v) is 8.20. The maximum Gasteiger partial charge on any atom is 0.330 e. The van der Waals surface area contributed by atoms with Gasteiger partial charge in [0.2, 0.25) is 6.10 Å². The number of carbonyl (C=O) groups excluding carboxylic acids is 1. The minimum Gasteiger partial charge on any atom is -0.440 e. The number of nitriles is 1. The van der Waals surface area contributed by atoms with Crippen LogP contribution in [-0.4, -0.2) is 12.0 Å². The Bertz CT molecular complexity index is 1080. The van der Waals surface area contributed by atoms with E-state index in [2.05, 4.69) is 5.32 Å². The van der Waals surface area contributed by atoms with Gasteiger partial charge in [0.1, 0.15) is 12.1 Å². The predicted molar refractivity (Wildman–Crippen MR) is 124 cm³/mol. The van der Waals surface area contributed by atoms with Crippen molar-refractivity contribution in [3.63, 3.8) is 0 Å². The fraction of sp³-hybridized carbons (Fsp3) is 0.231. The number of nitrogens with zero attached hydrogens (tertiary/aromatic N) is 1. The van der Waals surface area contributed by atoms with Gasteiger partial charge in [0.15, 0.2) is 6.17 Å². The molecule has 0 aromatic heterocycles. The van der Waals surface area contributed by atoms with Gasteiger partial charge >= 0.3 is 5.97 Å². The number of anilines is 1. The highest BCUT2D eigenvalue weighted by atomic mass is 35.5. The second-order valence-electron chi connectivity index (χ2n) is 7.76. The summed E-state index contributed by atoms with van der Waals surface area (Å²) in [5, 5.41) is 13.4. The topological polar surface area (TPSA) is 62.1 Å². The first-order valence-electron chi connectivity index (χ1n) is 10.3. The molecule has 0 saturated carbocycles. The van der Waals surface area contributed by atoms with Crippen molar-refractivity contribution in [1.29, 1.82) is 5.26 Å². The van der Waals surface area contributed by atoms with Crippen LogP contribution in [0.3, 0.4) is 0 Å². The zero-order valence-electron chi connectivity index (χ0n) is 17.8. The number of esters is 1. The summed E-state index contributed by atoms with van der Waals surface area (Å²) in [5.41, 5.74) is 2.04. The summed E-state index contributed by atoms with van der Waals surface area (Å²) in [7, 11) is 0. The Kier molecular flexibility index (Phi) is 7.86. The minimum absolute atomic E-state index is 0.0999. The smallest absolute Gasteiger partial charge is 0.330 e. The summed E-state index contributed by atoms with van der Waals surface area (Å²) in [4.78, 5) is 12.9. The van der Waals surface area contributed by atoms with Crippen molar-refractivity contribution in [1.82, 2.24) is 0 Å². The summed E-state index contributed by atoms with van der Waals surface area (Å²) in [5.74, 6) is -0.663. The van der Waals surface area contributed by atoms with Gasteiger partial charge in [-0.15, -0.1) is 0 Å². The highest BCUT2D eigenvalue weighted by Crippen LogP contribution is 2.29. The maximum absolute atomic E-state index is 15.0. The molecule has 0 heterocycles. The lowest BCUT2D eigenvalue weighted by atomic mass is 9.99.